The maximum absolute atomic E-state index is 11.5. The van der Waals surface area contributed by atoms with Gasteiger partial charge in [-0.3, -0.25) is 4.79 Å². The molecule has 0 unspecified atom stereocenters. The zero-order valence-electron chi connectivity index (χ0n) is 8.53. The molecule has 0 N–H and O–H groups in total. The molecule has 1 heterocycles. The third-order valence-electron chi connectivity index (χ3n) is 1.84. The number of aryl methyl sites for hydroxylation is 2. The van der Waals surface area contributed by atoms with E-state index in [1.165, 1.54) is 6.92 Å². The second kappa shape index (κ2) is 4.09. The minimum Gasteiger partial charge on any atom is -0.618 e. The van der Waals surface area contributed by atoms with E-state index in [0.29, 0.717) is 11.4 Å². The summed E-state index contributed by atoms with van der Waals surface area (Å²) in [6, 6.07) is 3.49. The number of nitrogens with zero attached hydrogens (tertiary/aromatic N) is 1. The van der Waals surface area contributed by atoms with Crippen molar-refractivity contribution in [3.63, 3.8) is 0 Å². The summed E-state index contributed by atoms with van der Waals surface area (Å²) in [7, 11) is 0. The summed E-state index contributed by atoms with van der Waals surface area (Å²) in [5.74, 6) is -0.385. The summed E-state index contributed by atoms with van der Waals surface area (Å²) >= 11 is 0. The Hall–Kier alpha value is -1.58. The molecule has 76 valence electrons. The van der Waals surface area contributed by atoms with Gasteiger partial charge in [0.05, 0.1) is 0 Å². The van der Waals surface area contributed by atoms with Crippen LogP contribution in [0.15, 0.2) is 12.1 Å². The van der Waals surface area contributed by atoms with Gasteiger partial charge in [-0.05, 0) is 12.5 Å². The van der Waals surface area contributed by atoms with Crippen LogP contribution in [0.1, 0.15) is 23.9 Å². The Balaban J connectivity index is 2.90. The Morgan fingerprint density at radius 2 is 2.14 bits per heavy atom. The highest BCUT2D eigenvalue weighted by Crippen LogP contribution is 2.03. The Bertz CT molecular complexity index is 361. The second-order valence-corrected chi connectivity index (χ2v) is 3.24. The van der Waals surface area contributed by atoms with Crippen LogP contribution in [0.25, 0.3) is 0 Å². The van der Waals surface area contributed by atoms with Gasteiger partial charge in [-0.15, -0.1) is 0 Å². The average Bonchev–Trinajstić information content (AvgIpc) is 2.08. The maximum Gasteiger partial charge on any atom is 0.303 e. The van der Waals surface area contributed by atoms with Crippen molar-refractivity contribution in [1.82, 2.24) is 0 Å². The molecule has 4 nitrogen and oxygen atoms in total. The lowest BCUT2D eigenvalue weighted by molar-refractivity contribution is -0.623. The molecule has 14 heavy (non-hydrogen) atoms. The van der Waals surface area contributed by atoms with E-state index in [4.69, 9.17) is 4.74 Å². The Morgan fingerprint density at radius 3 is 2.71 bits per heavy atom. The van der Waals surface area contributed by atoms with E-state index < -0.39 is 0 Å². The van der Waals surface area contributed by atoms with Crippen molar-refractivity contribution in [3.05, 3.63) is 34.3 Å². The lowest BCUT2D eigenvalue weighted by Gasteiger charge is -2.07. The molecular weight excluding hydrogens is 182 g/mol. The standard InChI is InChI=1S/C10H13NO3/c1-7-4-8(2)11(13)10(5-7)6-14-9(3)12/h4-5H,6H2,1-3H3. The zero-order chi connectivity index (χ0) is 10.7. The van der Waals surface area contributed by atoms with Crippen LogP contribution < -0.4 is 4.73 Å². The Morgan fingerprint density at radius 1 is 1.50 bits per heavy atom. The van der Waals surface area contributed by atoms with Gasteiger partial charge >= 0.3 is 5.97 Å². The number of carbonyl (C=O) groups excluding carboxylic acids is 1. The van der Waals surface area contributed by atoms with Gasteiger partial charge in [-0.2, -0.15) is 4.73 Å². The summed E-state index contributed by atoms with van der Waals surface area (Å²) in [5, 5.41) is 11.5. The number of hydrogen-bond acceptors (Lipinski definition) is 3. The van der Waals surface area contributed by atoms with Gasteiger partial charge in [0.1, 0.15) is 0 Å². The summed E-state index contributed by atoms with van der Waals surface area (Å²) in [5.41, 5.74) is 2.04. The van der Waals surface area contributed by atoms with E-state index in [1.54, 1.807) is 19.1 Å². The first kappa shape index (κ1) is 10.5. The summed E-state index contributed by atoms with van der Waals surface area (Å²) in [6.45, 7) is 4.96. The fourth-order valence-electron chi connectivity index (χ4n) is 1.25. The van der Waals surface area contributed by atoms with Gasteiger partial charge in [0.15, 0.2) is 12.3 Å². The normalized spacial score (nSPS) is 9.93. The van der Waals surface area contributed by atoms with Crippen LogP contribution in [0.5, 0.6) is 0 Å². The number of aromatic nitrogens is 1. The van der Waals surface area contributed by atoms with Gasteiger partial charge in [0.2, 0.25) is 5.69 Å². The highest BCUT2D eigenvalue weighted by Gasteiger charge is 2.10. The molecule has 0 spiro atoms. The van der Waals surface area contributed by atoms with Crippen molar-refractivity contribution < 1.29 is 14.3 Å². The minimum absolute atomic E-state index is 0.0291. The van der Waals surface area contributed by atoms with Crippen LogP contribution >= 0.6 is 0 Å². The van der Waals surface area contributed by atoms with E-state index in [0.717, 1.165) is 10.3 Å². The maximum atomic E-state index is 11.5. The van der Waals surface area contributed by atoms with Gasteiger partial charge in [0, 0.05) is 26.0 Å². The molecule has 0 atom stereocenters. The highest BCUT2D eigenvalue weighted by atomic mass is 16.5. The van der Waals surface area contributed by atoms with Crippen LogP contribution in [-0.4, -0.2) is 5.97 Å². The average molecular weight is 195 g/mol. The van der Waals surface area contributed by atoms with Crippen molar-refractivity contribution in [3.8, 4) is 0 Å². The lowest BCUT2D eigenvalue weighted by atomic mass is 10.2. The first-order valence-corrected chi connectivity index (χ1v) is 4.33. The first-order valence-electron chi connectivity index (χ1n) is 4.33. The molecular formula is C10H13NO3. The molecule has 0 saturated carbocycles. The van der Waals surface area contributed by atoms with Crippen LogP contribution in [-0.2, 0) is 16.1 Å². The monoisotopic (exact) mass is 195 g/mol. The number of hydrogen-bond donors (Lipinski definition) is 0. The van der Waals surface area contributed by atoms with Gasteiger partial charge in [0.25, 0.3) is 0 Å². The van der Waals surface area contributed by atoms with Crippen molar-refractivity contribution in [1.29, 1.82) is 0 Å². The summed E-state index contributed by atoms with van der Waals surface area (Å²) in [6.07, 6.45) is 0. The lowest BCUT2D eigenvalue weighted by Crippen LogP contribution is -2.36. The third-order valence-corrected chi connectivity index (χ3v) is 1.84. The molecule has 1 aromatic heterocycles. The minimum atomic E-state index is -0.385. The van der Waals surface area contributed by atoms with E-state index >= 15 is 0 Å². The van der Waals surface area contributed by atoms with E-state index in [1.807, 2.05) is 6.92 Å². The fraction of sp³-hybridized carbons (Fsp3) is 0.400. The van der Waals surface area contributed by atoms with Crippen molar-refractivity contribution in [2.75, 3.05) is 0 Å². The highest BCUT2D eigenvalue weighted by molar-refractivity contribution is 5.65. The van der Waals surface area contributed by atoms with Gasteiger partial charge in [-0.25, -0.2) is 0 Å². The van der Waals surface area contributed by atoms with Crippen molar-refractivity contribution in [2.24, 2.45) is 0 Å². The molecule has 0 aliphatic rings. The molecule has 0 fully saturated rings. The molecule has 0 aromatic carbocycles. The summed E-state index contributed by atoms with van der Waals surface area (Å²) < 4.78 is 5.53. The molecule has 4 heteroatoms. The zero-order valence-corrected chi connectivity index (χ0v) is 8.53. The SMILES string of the molecule is CC(=O)OCc1cc(C)cc(C)[n+]1[O-]. The number of esters is 1. The Labute approximate surface area is 82.7 Å². The van der Waals surface area contributed by atoms with E-state index in [-0.39, 0.29) is 12.6 Å². The molecule has 1 rings (SSSR count). The number of pyridine rings is 1. The smallest absolute Gasteiger partial charge is 0.303 e. The van der Waals surface area contributed by atoms with Gasteiger partial charge < -0.3 is 9.94 Å². The van der Waals surface area contributed by atoms with Crippen LogP contribution in [0.3, 0.4) is 0 Å². The van der Waals surface area contributed by atoms with Crippen LogP contribution in [0.4, 0.5) is 0 Å². The van der Waals surface area contributed by atoms with Gasteiger partial charge in [-0.1, -0.05) is 0 Å². The van der Waals surface area contributed by atoms with Crippen LogP contribution in [0.2, 0.25) is 0 Å². The quantitative estimate of drug-likeness (QED) is 0.402. The van der Waals surface area contributed by atoms with Crippen LogP contribution in [0, 0.1) is 19.1 Å². The predicted molar refractivity (Wildman–Crippen MR) is 50.3 cm³/mol. The molecule has 0 amide bonds. The van der Waals surface area contributed by atoms with E-state index in [9.17, 15) is 10.0 Å². The number of ether oxygens (including phenoxy) is 1. The Kier molecular flexibility index (Phi) is 3.06. The van der Waals surface area contributed by atoms with Crippen molar-refractivity contribution in [2.45, 2.75) is 27.4 Å². The third kappa shape index (κ3) is 2.45. The molecule has 1 aromatic rings. The molecule has 0 aliphatic carbocycles. The number of rotatable bonds is 2. The largest absolute Gasteiger partial charge is 0.618 e. The molecule has 0 radical (unpaired) electrons. The fourth-order valence-corrected chi connectivity index (χ4v) is 1.25. The first-order chi connectivity index (χ1) is 6.50. The topological polar surface area (TPSA) is 53.2 Å². The predicted octanol–water partition coefficient (Wildman–Crippen LogP) is 1.000. The molecule has 0 bridgehead atoms. The number of carbonyl (C=O) groups is 1. The van der Waals surface area contributed by atoms with E-state index in [2.05, 4.69) is 0 Å². The molecule has 0 aliphatic heterocycles. The molecule has 0 saturated heterocycles. The van der Waals surface area contributed by atoms with Crippen molar-refractivity contribution >= 4 is 5.97 Å². The second-order valence-electron chi connectivity index (χ2n) is 3.24. The summed E-state index contributed by atoms with van der Waals surface area (Å²) in [4.78, 5) is 10.6.